The fourth-order valence-electron chi connectivity index (χ4n) is 1.63. The summed E-state index contributed by atoms with van der Waals surface area (Å²) in [6.07, 6.45) is 12.8. The van der Waals surface area contributed by atoms with Crippen LogP contribution >= 0.6 is 21.9 Å². The highest BCUT2D eigenvalue weighted by Crippen LogP contribution is 2.57. The van der Waals surface area contributed by atoms with E-state index in [0.29, 0.717) is 0 Å². The molecule has 0 aliphatic rings. The van der Waals surface area contributed by atoms with Crippen molar-refractivity contribution in [1.82, 2.24) is 0 Å². The summed E-state index contributed by atoms with van der Waals surface area (Å²) in [4.78, 5) is 0. The molecule has 1 unspecified atom stereocenters. The average molecular weight is 369 g/mol. The summed E-state index contributed by atoms with van der Waals surface area (Å²) in [6.45, 7) is 16.0. The maximum Gasteiger partial charge on any atom is 0.0985 e. The van der Waals surface area contributed by atoms with E-state index >= 15 is 0 Å². The summed E-state index contributed by atoms with van der Waals surface area (Å²) in [7, 11) is -1.16. The molecule has 1 aromatic rings. The van der Waals surface area contributed by atoms with Gasteiger partial charge in [-0.1, -0.05) is 75.4 Å². The number of rotatable bonds is 6. The van der Waals surface area contributed by atoms with E-state index in [1.165, 1.54) is 0 Å². The molecule has 0 radical (unpaired) electrons. The monoisotopic (exact) mass is 368 g/mol. The zero-order valence-electron chi connectivity index (χ0n) is 16.0. The molecule has 1 nitrogen and oxygen atoms in total. The number of allylic oxidation sites excluding steroid dienone is 3. The van der Waals surface area contributed by atoms with E-state index in [-0.39, 0.29) is 10.9 Å². The lowest BCUT2D eigenvalue weighted by molar-refractivity contribution is 0.235. The van der Waals surface area contributed by atoms with Crippen LogP contribution in [0.5, 0.6) is 0 Å². The Bertz CT molecular complexity index is 524. The lowest BCUT2D eigenvalue weighted by Crippen LogP contribution is -2.26. The first-order valence-electron chi connectivity index (χ1n) is 8.10. The molecule has 0 aliphatic carbocycles. The van der Waals surface area contributed by atoms with Crippen LogP contribution in [0.1, 0.15) is 45.8 Å². The summed E-state index contributed by atoms with van der Waals surface area (Å²) in [5.41, 5.74) is 1.16. The van der Waals surface area contributed by atoms with Crippen LogP contribution in [0.3, 0.4) is 0 Å². The van der Waals surface area contributed by atoms with E-state index < -0.39 is 10.3 Å². The van der Waals surface area contributed by atoms with Crippen molar-refractivity contribution in [2.45, 2.75) is 45.0 Å². The van der Waals surface area contributed by atoms with E-state index in [4.69, 9.17) is 15.8 Å². The molecule has 0 fully saturated rings. The van der Waals surface area contributed by atoms with Crippen molar-refractivity contribution in [3.8, 4) is 0 Å². The van der Waals surface area contributed by atoms with Crippen LogP contribution in [0.25, 0.3) is 0 Å². The highest BCUT2D eigenvalue weighted by Gasteiger charge is 2.31. The molecule has 0 saturated heterocycles. The van der Waals surface area contributed by atoms with Crippen LogP contribution in [0.4, 0.5) is 0 Å². The van der Waals surface area contributed by atoms with Crippen molar-refractivity contribution < 1.29 is 4.18 Å². The van der Waals surface area contributed by atoms with E-state index in [1.807, 2.05) is 49.4 Å². The van der Waals surface area contributed by atoms with Gasteiger partial charge in [0.25, 0.3) is 0 Å². The van der Waals surface area contributed by atoms with Gasteiger partial charge in [-0.15, -0.1) is 16.9 Å². The van der Waals surface area contributed by atoms with Crippen molar-refractivity contribution in [3.05, 3.63) is 72.3 Å². The molecule has 1 atom stereocenters. The minimum atomic E-state index is -1.16. The third-order valence-electron chi connectivity index (χ3n) is 3.78. The summed E-state index contributed by atoms with van der Waals surface area (Å²) in [5.74, 6) is 0. The standard InChI is InChI=1S/C16H25ClOS.C5H8/c1-7-8-15(13-9-11-14(17)12-10-13)18-19(5,6)16(2,3)4;1-3-5-4-2/h7,9-12,15H,1,8H2,2-6H3;3-5H,1H2,2H3/b;5-4-. The fraction of sp³-hybridized carbons (Fsp3) is 0.429. The van der Waals surface area contributed by atoms with Crippen molar-refractivity contribution in [2.75, 3.05) is 12.5 Å². The van der Waals surface area contributed by atoms with Gasteiger partial charge in [-0.05, 0) is 43.6 Å². The van der Waals surface area contributed by atoms with E-state index in [2.05, 4.69) is 46.4 Å². The predicted molar refractivity (Wildman–Crippen MR) is 114 cm³/mol. The first kappa shape index (κ1) is 23.0. The van der Waals surface area contributed by atoms with Crippen molar-refractivity contribution in [3.63, 3.8) is 0 Å². The predicted octanol–water partition coefficient (Wildman–Crippen LogP) is 7.50. The Balaban J connectivity index is 0.000000922. The number of benzene rings is 1. The zero-order valence-corrected chi connectivity index (χ0v) is 17.6. The zero-order chi connectivity index (χ0) is 18.8. The van der Waals surface area contributed by atoms with Crippen LogP contribution < -0.4 is 0 Å². The third kappa shape index (κ3) is 8.23. The Labute approximate surface area is 156 Å². The van der Waals surface area contributed by atoms with Gasteiger partial charge in [0.2, 0.25) is 0 Å². The number of halogens is 1. The number of hydrogen-bond acceptors (Lipinski definition) is 1. The lowest BCUT2D eigenvalue weighted by atomic mass is 10.1. The van der Waals surface area contributed by atoms with Crippen LogP contribution in [0, 0.1) is 0 Å². The van der Waals surface area contributed by atoms with Gasteiger partial charge in [-0.25, -0.2) is 0 Å². The van der Waals surface area contributed by atoms with E-state index in [9.17, 15) is 0 Å². The first-order chi connectivity index (χ1) is 11.1. The molecule has 0 aliphatic heterocycles. The lowest BCUT2D eigenvalue weighted by Gasteiger charge is -2.46. The molecule has 0 spiro atoms. The Kier molecular flexibility index (Phi) is 10.4. The maximum atomic E-state index is 6.44. The maximum absolute atomic E-state index is 6.44. The van der Waals surface area contributed by atoms with Gasteiger partial charge in [-0.3, -0.25) is 0 Å². The second kappa shape index (κ2) is 10.8. The highest BCUT2D eigenvalue weighted by molar-refractivity contribution is 8.29. The second-order valence-electron chi connectivity index (χ2n) is 6.77. The third-order valence-corrected chi connectivity index (χ3v) is 7.70. The van der Waals surface area contributed by atoms with Crippen molar-refractivity contribution >= 4 is 21.9 Å². The second-order valence-corrected chi connectivity index (χ2v) is 11.1. The normalized spacial score (nSPS) is 13.8. The van der Waals surface area contributed by atoms with Crippen LogP contribution in [0.15, 0.2) is 61.7 Å². The smallest absolute Gasteiger partial charge is 0.0985 e. The molecule has 0 bridgehead atoms. The van der Waals surface area contributed by atoms with Crippen molar-refractivity contribution in [1.29, 1.82) is 0 Å². The Morgan fingerprint density at radius 3 is 2.04 bits per heavy atom. The Morgan fingerprint density at radius 2 is 1.71 bits per heavy atom. The Hall–Kier alpha value is -0.960. The molecule has 0 N–H and O–H groups in total. The van der Waals surface area contributed by atoms with E-state index in [0.717, 1.165) is 17.0 Å². The minimum absolute atomic E-state index is 0.0546. The molecular formula is C21H33ClOS. The molecule has 136 valence electrons. The number of hydrogen-bond donors (Lipinski definition) is 0. The average Bonchev–Trinajstić information content (AvgIpc) is 2.48. The molecule has 1 aromatic carbocycles. The van der Waals surface area contributed by atoms with Gasteiger partial charge in [0.05, 0.1) is 6.10 Å². The molecule has 0 amide bonds. The van der Waals surface area contributed by atoms with Crippen LogP contribution in [-0.4, -0.2) is 17.3 Å². The van der Waals surface area contributed by atoms with Gasteiger partial charge in [0, 0.05) is 9.77 Å². The molecule has 0 aromatic heterocycles. The molecular weight excluding hydrogens is 336 g/mol. The molecule has 24 heavy (non-hydrogen) atoms. The van der Waals surface area contributed by atoms with Crippen molar-refractivity contribution in [2.24, 2.45) is 0 Å². The fourth-order valence-corrected chi connectivity index (χ4v) is 2.82. The Morgan fingerprint density at radius 1 is 1.17 bits per heavy atom. The van der Waals surface area contributed by atoms with Gasteiger partial charge in [-0.2, -0.15) is 0 Å². The quantitative estimate of drug-likeness (QED) is 0.373. The SMILES string of the molecule is C=C/C=C\C.C=CCC(OS(C)(C)C(C)(C)C)c1ccc(Cl)cc1. The van der Waals surface area contributed by atoms with Gasteiger partial charge in [0.15, 0.2) is 0 Å². The molecule has 0 heterocycles. The minimum Gasteiger partial charge on any atom is -0.328 e. The summed E-state index contributed by atoms with van der Waals surface area (Å²) < 4.78 is 6.59. The molecule has 3 heteroatoms. The first-order valence-corrected chi connectivity index (χ1v) is 10.9. The van der Waals surface area contributed by atoms with Gasteiger partial charge in [0.1, 0.15) is 0 Å². The van der Waals surface area contributed by atoms with Crippen LogP contribution in [-0.2, 0) is 4.18 Å². The summed E-state index contributed by atoms with van der Waals surface area (Å²) >= 11 is 5.94. The summed E-state index contributed by atoms with van der Waals surface area (Å²) in [6, 6.07) is 7.90. The summed E-state index contributed by atoms with van der Waals surface area (Å²) in [5, 5.41) is 0.753. The topological polar surface area (TPSA) is 9.23 Å². The van der Waals surface area contributed by atoms with E-state index in [1.54, 1.807) is 6.08 Å². The highest BCUT2D eigenvalue weighted by atomic mass is 35.5. The van der Waals surface area contributed by atoms with Gasteiger partial charge < -0.3 is 4.18 Å². The molecule has 1 rings (SSSR count). The van der Waals surface area contributed by atoms with Crippen LogP contribution in [0.2, 0.25) is 5.02 Å². The molecule has 0 saturated carbocycles. The largest absolute Gasteiger partial charge is 0.328 e. The van der Waals surface area contributed by atoms with Gasteiger partial charge >= 0.3 is 0 Å².